The van der Waals surface area contributed by atoms with Gasteiger partial charge in [-0.2, -0.15) is 0 Å². The Kier molecular flexibility index (Phi) is 4.49. The van der Waals surface area contributed by atoms with Gasteiger partial charge in [-0.05, 0) is 26.0 Å². The summed E-state index contributed by atoms with van der Waals surface area (Å²) in [7, 11) is 1.61. The third-order valence-corrected chi connectivity index (χ3v) is 3.14. The second-order valence-electron chi connectivity index (χ2n) is 4.82. The van der Waals surface area contributed by atoms with Crippen LogP contribution in [-0.4, -0.2) is 28.6 Å². The van der Waals surface area contributed by atoms with Crippen molar-refractivity contribution in [3.8, 4) is 5.75 Å². The first-order chi connectivity index (χ1) is 9.55. The molecule has 0 radical (unpaired) electrons. The monoisotopic (exact) mass is 295 g/mol. The highest BCUT2D eigenvalue weighted by molar-refractivity contribution is 6.16. The molecule has 0 aliphatic rings. The van der Waals surface area contributed by atoms with Gasteiger partial charge in [0.05, 0.1) is 24.0 Å². The van der Waals surface area contributed by atoms with Crippen molar-refractivity contribution >= 4 is 28.5 Å². The fourth-order valence-corrected chi connectivity index (χ4v) is 2.27. The van der Waals surface area contributed by atoms with E-state index in [0.717, 1.165) is 16.8 Å². The molecular formula is C14H18ClN3O2. The highest BCUT2D eigenvalue weighted by atomic mass is 35.5. The predicted molar refractivity (Wildman–Crippen MR) is 79.1 cm³/mol. The Balaban J connectivity index is 2.40. The zero-order valence-electron chi connectivity index (χ0n) is 11.8. The second kappa shape index (κ2) is 6.13. The van der Waals surface area contributed by atoms with E-state index in [9.17, 15) is 4.79 Å². The quantitative estimate of drug-likeness (QED) is 0.861. The molecule has 5 nitrogen and oxygen atoms in total. The number of hydrogen-bond donors (Lipinski definition) is 1. The summed E-state index contributed by atoms with van der Waals surface area (Å²) in [5, 5.41) is 2.86. The first-order valence-corrected chi connectivity index (χ1v) is 6.97. The smallest absolute Gasteiger partial charge is 0.240 e. The molecule has 0 saturated carbocycles. The van der Waals surface area contributed by atoms with Crippen LogP contribution in [0.25, 0.3) is 11.0 Å². The molecule has 108 valence electrons. The summed E-state index contributed by atoms with van der Waals surface area (Å²) in [5.74, 6) is 1.60. The van der Waals surface area contributed by atoms with Crippen LogP contribution in [0.4, 0.5) is 0 Å². The van der Waals surface area contributed by atoms with Crippen LogP contribution in [-0.2, 0) is 17.2 Å². The summed E-state index contributed by atoms with van der Waals surface area (Å²) in [6, 6.07) is 5.67. The van der Waals surface area contributed by atoms with Crippen LogP contribution in [0.5, 0.6) is 5.75 Å². The number of rotatable bonds is 5. The van der Waals surface area contributed by atoms with Crippen molar-refractivity contribution in [1.82, 2.24) is 14.9 Å². The number of carbonyl (C=O) groups is 1. The number of methoxy groups -OCH3 is 1. The standard InChI is InChI=1S/C14H18ClN3O2/c1-9(2)16-14(19)8-18-12-6-10(20-3)4-5-11(12)17-13(18)7-15/h4-6,9H,7-8H2,1-3H3,(H,16,19). The predicted octanol–water partition coefficient (Wildman–Crippen LogP) is 2.31. The first-order valence-electron chi connectivity index (χ1n) is 6.43. The number of benzene rings is 1. The van der Waals surface area contributed by atoms with Crippen molar-refractivity contribution in [3.63, 3.8) is 0 Å². The molecule has 0 aliphatic heterocycles. The van der Waals surface area contributed by atoms with Crippen LogP contribution in [0.1, 0.15) is 19.7 Å². The van der Waals surface area contributed by atoms with Gasteiger partial charge in [0.25, 0.3) is 0 Å². The van der Waals surface area contributed by atoms with E-state index in [1.807, 2.05) is 36.6 Å². The van der Waals surface area contributed by atoms with Gasteiger partial charge in [0.1, 0.15) is 18.1 Å². The number of hydrogen-bond acceptors (Lipinski definition) is 3. The van der Waals surface area contributed by atoms with Gasteiger partial charge in [-0.3, -0.25) is 4.79 Å². The number of nitrogens with one attached hydrogen (secondary N) is 1. The fraction of sp³-hybridized carbons (Fsp3) is 0.429. The van der Waals surface area contributed by atoms with Crippen molar-refractivity contribution in [1.29, 1.82) is 0 Å². The Bertz CT molecular complexity index is 622. The summed E-state index contributed by atoms with van der Waals surface area (Å²) in [6.45, 7) is 4.05. The molecule has 0 aliphatic carbocycles. The van der Waals surface area contributed by atoms with Gasteiger partial charge in [-0.25, -0.2) is 4.98 Å². The zero-order chi connectivity index (χ0) is 14.7. The molecule has 0 bridgehead atoms. The van der Waals surface area contributed by atoms with E-state index in [1.54, 1.807) is 7.11 Å². The Labute approximate surface area is 122 Å². The fourth-order valence-electron chi connectivity index (χ4n) is 2.07. The van der Waals surface area contributed by atoms with E-state index < -0.39 is 0 Å². The minimum Gasteiger partial charge on any atom is -0.497 e. The summed E-state index contributed by atoms with van der Waals surface area (Å²) in [5.41, 5.74) is 1.65. The van der Waals surface area contributed by atoms with Crippen molar-refractivity contribution in [3.05, 3.63) is 24.0 Å². The molecule has 1 aromatic heterocycles. The Hall–Kier alpha value is -1.75. The normalized spacial score (nSPS) is 11.1. The summed E-state index contributed by atoms with van der Waals surface area (Å²) in [6.07, 6.45) is 0. The SMILES string of the molecule is COc1ccc2nc(CCl)n(CC(=O)NC(C)C)c2c1. The molecule has 0 unspecified atom stereocenters. The lowest BCUT2D eigenvalue weighted by molar-refractivity contribution is -0.122. The number of nitrogens with zero attached hydrogens (tertiary/aromatic N) is 2. The largest absolute Gasteiger partial charge is 0.497 e. The van der Waals surface area contributed by atoms with Crippen LogP contribution < -0.4 is 10.1 Å². The lowest BCUT2D eigenvalue weighted by atomic mass is 10.3. The van der Waals surface area contributed by atoms with Gasteiger partial charge < -0.3 is 14.6 Å². The molecule has 6 heteroatoms. The summed E-state index contributed by atoms with van der Waals surface area (Å²) < 4.78 is 7.04. The number of fused-ring (bicyclic) bond motifs is 1. The number of imidazole rings is 1. The van der Waals surface area contributed by atoms with Crippen LogP contribution >= 0.6 is 11.6 Å². The summed E-state index contributed by atoms with van der Waals surface area (Å²) >= 11 is 5.92. The molecule has 0 spiro atoms. The van der Waals surface area contributed by atoms with Crippen LogP contribution in [0.3, 0.4) is 0 Å². The van der Waals surface area contributed by atoms with Gasteiger partial charge in [0.2, 0.25) is 5.91 Å². The van der Waals surface area contributed by atoms with Crippen molar-refractivity contribution in [2.75, 3.05) is 7.11 Å². The molecule has 1 aromatic carbocycles. The molecule has 0 atom stereocenters. The second-order valence-corrected chi connectivity index (χ2v) is 5.09. The van der Waals surface area contributed by atoms with E-state index >= 15 is 0 Å². The number of alkyl halides is 1. The third kappa shape index (κ3) is 3.04. The molecule has 1 N–H and O–H groups in total. The zero-order valence-corrected chi connectivity index (χ0v) is 12.6. The highest BCUT2D eigenvalue weighted by Gasteiger charge is 2.14. The number of halogens is 1. The molecule has 2 aromatic rings. The van der Waals surface area contributed by atoms with E-state index in [2.05, 4.69) is 10.3 Å². The van der Waals surface area contributed by atoms with E-state index in [1.165, 1.54) is 0 Å². The Morgan fingerprint density at radius 3 is 2.85 bits per heavy atom. The summed E-state index contributed by atoms with van der Waals surface area (Å²) in [4.78, 5) is 16.4. The lowest BCUT2D eigenvalue weighted by Crippen LogP contribution is -2.33. The average molecular weight is 296 g/mol. The Morgan fingerprint density at radius 2 is 2.25 bits per heavy atom. The molecule has 20 heavy (non-hydrogen) atoms. The average Bonchev–Trinajstić information content (AvgIpc) is 2.75. The maximum atomic E-state index is 12.0. The molecular weight excluding hydrogens is 278 g/mol. The topological polar surface area (TPSA) is 56.2 Å². The van der Waals surface area contributed by atoms with Crippen LogP contribution in [0.2, 0.25) is 0 Å². The minimum atomic E-state index is -0.0616. The van der Waals surface area contributed by atoms with Gasteiger partial charge in [0, 0.05) is 12.1 Å². The molecule has 2 rings (SSSR count). The van der Waals surface area contributed by atoms with E-state index in [4.69, 9.17) is 16.3 Å². The van der Waals surface area contributed by atoms with Gasteiger partial charge in [0.15, 0.2) is 0 Å². The molecule has 1 heterocycles. The molecule has 1 amide bonds. The molecule has 0 fully saturated rings. The van der Waals surface area contributed by atoms with Crippen molar-refractivity contribution in [2.24, 2.45) is 0 Å². The van der Waals surface area contributed by atoms with Crippen molar-refractivity contribution < 1.29 is 9.53 Å². The number of carbonyl (C=O) groups excluding carboxylic acids is 1. The number of ether oxygens (including phenoxy) is 1. The third-order valence-electron chi connectivity index (χ3n) is 2.91. The van der Waals surface area contributed by atoms with Gasteiger partial charge in [-0.1, -0.05) is 0 Å². The Morgan fingerprint density at radius 1 is 1.50 bits per heavy atom. The van der Waals surface area contributed by atoms with E-state index in [0.29, 0.717) is 5.82 Å². The minimum absolute atomic E-state index is 0.0616. The number of aromatic nitrogens is 2. The highest BCUT2D eigenvalue weighted by Crippen LogP contribution is 2.22. The first kappa shape index (κ1) is 14.7. The van der Waals surface area contributed by atoms with E-state index in [-0.39, 0.29) is 24.4 Å². The maximum absolute atomic E-state index is 12.0. The lowest BCUT2D eigenvalue weighted by Gasteiger charge is -2.11. The van der Waals surface area contributed by atoms with Gasteiger partial charge in [-0.15, -0.1) is 11.6 Å². The number of amides is 1. The molecule has 0 saturated heterocycles. The maximum Gasteiger partial charge on any atom is 0.240 e. The van der Waals surface area contributed by atoms with Crippen LogP contribution in [0, 0.1) is 0 Å². The van der Waals surface area contributed by atoms with Crippen molar-refractivity contribution in [2.45, 2.75) is 32.3 Å². The van der Waals surface area contributed by atoms with Crippen LogP contribution in [0.15, 0.2) is 18.2 Å². The van der Waals surface area contributed by atoms with Gasteiger partial charge >= 0.3 is 0 Å².